The first-order chi connectivity index (χ1) is 8.81. The minimum absolute atomic E-state index is 0.0361. The Hall–Kier alpha value is -1.58. The van der Waals surface area contributed by atoms with E-state index in [0.717, 1.165) is 4.90 Å². The van der Waals surface area contributed by atoms with Gasteiger partial charge in [0.2, 0.25) is 0 Å². The van der Waals surface area contributed by atoms with E-state index in [1.165, 1.54) is 25.2 Å². The summed E-state index contributed by atoms with van der Waals surface area (Å²) in [7, 11) is 1.34. The predicted molar refractivity (Wildman–Crippen MR) is 64.7 cm³/mol. The molecule has 0 aliphatic carbocycles. The van der Waals surface area contributed by atoms with E-state index in [2.05, 4.69) is 11.8 Å². The second kappa shape index (κ2) is 6.55. The van der Waals surface area contributed by atoms with Crippen LogP contribution in [-0.2, 0) is 6.54 Å². The number of nitrogens with two attached hydrogens (primary N) is 1. The summed E-state index contributed by atoms with van der Waals surface area (Å²) in [5.74, 6) is 4.74. The molecule has 0 unspecified atom stereocenters. The number of halogens is 4. The third-order valence-corrected chi connectivity index (χ3v) is 2.29. The molecule has 1 rings (SSSR count). The molecule has 0 bridgehead atoms. The van der Waals surface area contributed by atoms with Crippen LogP contribution >= 0.6 is 0 Å². The van der Waals surface area contributed by atoms with Crippen molar-refractivity contribution in [2.75, 3.05) is 20.1 Å². The molecule has 104 valence electrons. The van der Waals surface area contributed by atoms with Crippen molar-refractivity contribution in [1.82, 2.24) is 4.90 Å². The molecular weight excluding hydrogens is 260 g/mol. The van der Waals surface area contributed by atoms with Crippen LogP contribution in [0.1, 0.15) is 11.1 Å². The van der Waals surface area contributed by atoms with Crippen molar-refractivity contribution in [3.8, 4) is 11.8 Å². The van der Waals surface area contributed by atoms with E-state index in [-0.39, 0.29) is 13.1 Å². The Kier molecular flexibility index (Phi) is 5.33. The molecule has 6 heteroatoms. The van der Waals surface area contributed by atoms with E-state index in [0.29, 0.717) is 11.1 Å². The minimum atomic E-state index is -4.27. The van der Waals surface area contributed by atoms with E-state index >= 15 is 0 Å². The fourth-order valence-corrected chi connectivity index (χ4v) is 1.60. The average molecular weight is 274 g/mol. The van der Waals surface area contributed by atoms with Crippen LogP contribution in [0.2, 0.25) is 0 Å². The number of alkyl halides is 3. The summed E-state index contributed by atoms with van der Waals surface area (Å²) in [4.78, 5) is 1.10. The highest BCUT2D eigenvalue weighted by Crippen LogP contribution is 2.18. The second-order valence-electron chi connectivity index (χ2n) is 4.09. The lowest BCUT2D eigenvalue weighted by Gasteiger charge is -2.19. The first-order valence-electron chi connectivity index (χ1n) is 5.54. The highest BCUT2D eigenvalue weighted by Gasteiger charge is 2.29. The van der Waals surface area contributed by atoms with Gasteiger partial charge < -0.3 is 5.73 Å². The van der Waals surface area contributed by atoms with Gasteiger partial charge in [-0.2, -0.15) is 13.2 Å². The molecule has 2 N–H and O–H groups in total. The van der Waals surface area contributed by atoms with E-state index in [1.807, 2.05) is 0 Å². The van der Waals surface area contributed by atoms with E-state index in [9.17, 15) is 17.6 Å². The summed E-state index contributed by atoms with van der Waals surface area (Å²) in [6.45, 7) is -0.892. The molecule has 1 aromatic rings. The van der Waals surface area contributed by atoms with Crippen molar-refractivity contribution in [2.45, 2.75) is 12.7 Å². The maximum atomic E-state index is 13.1. The SMILES string of the molecule is CN(Cc1ccc(F)cc1C#CCN)CC(F)(F)F. The number of hydrogen-bond acceptors (Lipinski definition) is 2. The molecule has 0 atom stereocenters. The zero-order valence-corrected chi connectivity index (χ0v) is 10.4. The Morgan fingerprint density at radius 2 is 2.00 bits per heavy atom. The van der Waals surface area contributed by atoms with Crippen molar-refractivity contribution < 1.29 is 17.6 Å². The van der Waals surface area contributed by atoms with E-state index < -0.39 is 18.5 Å². The van der Waals surface area contributed by atoms with Gasteiger partial charge in [0.15, 0.2) is 0 Å². The van der Waals surface area contributed by atoms with Gasteiger partial charge in [-0.15, -0.1) is 0 Å². The van der Waals surface area contributed by atoms with Crippen molar-refractivity contribution in [3.05, 3.63) is 35.1 Å². The summed E-state index contributed by atoms with van der Waals surface area (Å²) in [6, 6.07) is 3.83. The fraction of sp³-hybridized carbons (Fsp3) is 0.385. The van der Waals surface area contributed by atoms with Gasteiger partial charge in [-0.05, 0) is 24.7 Å². The largest absolute Gasteiger partial charge is 0.401 e. The third kappa shape index (κ3) is 5.73. The standard InChI is InChI=1S/C13H14F4N2/c1-19(9-13(15,16)17)8-11-4-5-12(14)7-10(11)3-2-6-18/h4-5,7H,6,8-9,18H2,1H3. The number of hydrogen-bond donors (Lipinski definition) is 1. The lowest BCUT2D eigenvalue weighted by atomic mass is 10.1. The quantitative estimate of drug-likeness (QED) is 0.676. The van der Waals surface area contributed by atoms with Gasteiger partial charge in [-0.25, -0.2) is 4.39 Å². The molecule has 0 aliphatic rings. The van der Waals surface area contributed by atoms with E-state index in [1.54, 1.807) is 0 Å². The predicted octanol–water partition coefficient (Wildman–Crippen LogP) is 2.13. The van der Waals surface area contributed by atoms with Gasteiger partial charge in [0.05, 0.1) is 13.1 Å². The molecule has 0 saturated carbocycles. The van der Waals surface area contributed by atoms with Gasteiger partial charge in [-0.3, -0.25) is 4.90 Å². The summed E-state index contributed by atoms with van der Waals surface area (Å²) < 4.78 is 49.8. The summed E-state index contributed by atoms with van der Waals surface area (Å²) in [5.41, 5.74) is 6.12. The first-order valence-corrected chi connectivity index (χ1v) is 5.54. The summed E-state index contributed by atoms with van der Waals surface area (Å²) >= 11 is 0. The van der Waals surface area contributed by atoms with Crippen LogP contribution in [0, 0.1) is 17.7 Å². The molecule has 19 heavy (non-hydrogen) atoms. The van der Waals surface area contributed by atoms with Crippen LogP contribution < -0.4 is 5.73 Å². The van der Waals surface area contributed by atoms with Crippen molar-refractivity contribution in [3.63, 3.8) is 0 Å². The number of rotatable bonds is 3. The maximum Gasteiger partial charge on any atom is 0.401 e. The van der Waals surface area contributed by atoms with Gasteiger partial charge in [0.25, 0.3) is 0 Å². The van der Waals surface area contributed by atoms with Crippen molar-refractivity contribution >= 4 is 0 Å². The molecule has 0 spiro atoms. The summed E-state index contributed by atoms with van der Waals surface area (Å²) in [6.07, 6.45) is -4.27. The van der Waals surface area contributed by atoms with Gasteiger partial charge in [0.1, 0.15) is 5.82 Å². The Balaban J connectivity index is 2.88. The van der Waals surface area contributed by atoms with Crippen LogP contribution in [0.3, 0.4) is 0 Å². The topological polar surface area (TPSA) is 29.3 Å². The molecule has 2 nitrogen and oxygen atoms in total. The normalized spacial score (nSPS) is 11.3. The molecule has 0 radical (unpaired) electrons. The second-order valence-corrected chi connectivity index (χ2v) is 4.09. The Morgan fingerprint density at radius 3 is 2.58 bits per heavy atom. The Morgan fingerprint density at radius 1 is 1.32 bits per heavy atom. The zero-order valence-electron chi connectivity index (χ0n) is 10.4. The van der Waals surface area contributed by atoms with E-state index in [4.69, 9.17) is 5.73 Å². The molecular formula is C13H14F4N2. The van der Waals surface area contributed by atoms with Crippen LogP contribution in [0.25, 0.3) is 0 Å². The molecule has 0 aliphatic heterocycles. The van der Waals surface area contributed by atoms with Crippen LogP contribution in [0.4, 0.5) is 17.6 Å². The molecule has 0 amide bonds. The highest BCUT2D eigenvalue weighted by atomic mass is 19.4. The molecule has 0 fully saturated rings. The number of nitrogens with zero attached hydrogens (tertiary/aromatic N) is 1. The molecule has 1 aromatic carbocycles. The minimum Gasteiger partial charge on any atom is -0.320 e. The smallest absolute Gasteiger partial charge is 0.320 e. The van der Waals surface area contributed by atoms with Crippen LogP contribution in [-0.4, -0.2) is 31.2 Å². The van der Waals surface area contributed by atoms with Gasteiger partial charge >= 0.3 is 6.18 Å². The van der Waals surface area contributed by atoms with Crippen molar-refractivity contribution in [1.29, 1.82) is 0 Å². The Labute approximate surface area is 109 Å². The molecule has 0 heterocycles. The lowest BCUT2D eigenvalue weighted by molar-refractivity contribution is -0.144. The van der Waals surface area contributed by atoms with Gasteiger partial charge in [-0.1, -0.05) is 17.9 Å². The summed E-state index contributed by atoms with van der Waals surface area (Å²) in [5, 5.41) is 0. The maximum absolute atomic E-state index is 13.1. The molecule has 0 saturated heterocycles. The van der Waals surface area contributed by atoms with Crippen LogP contribution in [0.5, 0.6) is 0 Å². The fourth-order valence-electron chi connectivity index (χ4n) is 1.60. The monoisotopic (exact) mass is 274 g/mol. The first kappa shape index (κ1) is 15.5. The van der Waals surface area contributed by atoms with Gasteiger partial charge in [0, 0.05) is 12.1 Å². The Bertz CT molecular complexity index is 486. The highest BCUT2D eigenvalue weighted by molar-refractivity contribution is 5.41. The lowest BCUT2D eigenvalue weighted by Crippen LogP contribution is -2.30. The third-order valence-electron chi connectivity index (χ3n) is 2.29. The average Bonchev–Trinajstić information content (AvgIpc) is 2.27. The zero-order chi connectivity index (χ0) is 14.5. The molecule has 0 aromatic heterocycles. The van der Waals surface area contributed by atoms with Crippen molar-refractivity contribution in [2.24, 2.45) is 5.73 Å². The number of benzene rings is 1. The van der Waals surface area contributed by atoms with Crippen LogP contribution in [0.15, 0.2) is 18.2 Å².